The van der Waals surface area contributed by atoms with Crippen molar-refractivity contribution >= 4 is 17.6 Å². The van der Waals surface area contributed by atoms with E-state index in [-0.39, 0.29) is 11.8 Å². The molecule has 2 heterocycles. The highest BCUT2D eigenvalue weighted by atomic mass is 16.2. The average Bonchev–Trinajstić information content (AvgIpc) is 2.57. The quantitative estimate of drug-likeness (QED) is 0.706. The number of nitrogens with one attached hydrogen (secondary N) is 2. The summed E-state index contributed by atoms with van der Waals surface area (Å²) in [5.74, 6) is -0.127. The van der Waals surface area contributed by atoms with Crippen LogP contribution in [0.2, 0.25) is 0 Å². The molecule has 0 aliphatic carbocycles. The third-order valence-corrected chi connectivity index (χ3v) is 2.88. The number of amides is 2. The largest absolute Gasteiger partial charge is 0.357 e. The number of nitriles is 1. The minimum Gasteiger partial charge on any atom is -0.357 e. The van der Waals surface area contributed by atoms with Crippen molar-refractivity contribution in [1.29, 1.82) is 5.26 Å². The summed E-state index contributed by atoms with van der Waals surface area (Å²) in [6.45, 7) is 1.73. The first-order valence-corrected chi connectivity index (χ1v) is 5.57. The smallest absolute Gasteiger partial charge is 0.249 e. The molecule has 1 aliphatic rings. The average molecular weight is 247 g/mol. The fourth-order valence-electron chi connectivity index (χ4n) is 1.95. The first kappa shape index (κ1) is 12.1. The van der Waals surface area contributed by atoms with E-state index < -0.39 is 6.04 Å². The Hall–Kier alpha value is -2.36. The van der Waals surface area contributed by atoms with Crippen LogP contribution >= 0.6 is 0 Å². The van der Waals surface area contributed by atoms with Crippen LogP contribution in [0, 0.1) is 18.3 Å². The van der Waals surface area contributed by atoms with Crippen LogP contribution in [0.25, 0.3) is 0 Å². The van der Waals surface area contributed by atoms with Gasteiger partial charge >= 0.3 is 0 Å². The summed E-state index contributed by atoms with van der Waals surface area (Å²) in [6.07, 6.45) is 0.710. The lowest BCUT2D eigenvalue weighted by atomic mass is 10.1. The van der Waals surface area contributed by atoms with Gasteiger partial charge in [0.15, 0.2) is 0 Å². The van der Waals surface area contributed by atoms with Crippen LogP contribution in [0.5, 0.6) is 0 Å². The van der Waals surface area contributed by atoms with Crippen LogP contribution in [-0.2, 0) is 16.6 Å². The second-order valence-corrected chi connectivity index (χ2v) is 4.19. The molecular weight excluding hydrogens is 234 g/mol. The van der Waals surface area contributed by atoms with Crippen LogP contribution in [-0.4, -0.2) is 27.6 Å². The van der Waals surface area contributed by atoms with E-state index >= 15 is 0 Å². The molecule has 1 aliphatic heterocycles. The maximum atomic E-state index is 11.6. The summed E-state index contributed by atoms with van der Waals surface area (Å²) in [5, 5.41) is 18.4. The van der Waals surface area contributed by atoms with Gasteiger partial charge in [-0.25, -0.2) is 0 Å². The normalized spacial score (nSPS) is 19.3. The van der Waals surface area contributed by atoms with Gasteiger partial charge in [0.25, 0.3) is 0 Å². The van der Waals surface area contributed by atoms with Crippen LogP contribution in [0.1, 0.15) is 24.1 Å². The van der Waals surface area contributed by atoms with Crippen molar-refractivity contribution in [2.24, 2.45) is 7.05 Å². The van der Waals surface area contributed by atoms with Crippen molar-refractivity contribution in [2.45, 2.75) is 25.8 Å². The van der Waals surface area contributed by atoms with E-state index in [1.807, 2.05) is 0 Å². The van der Waals surface area contributed by atoms with Gasteiger partial charge in [-0.15, -0.1) is 0 Å². The number of rotatable bonds is 2. The Labute approximate surface area is 104 Å². The molecule has 1 fully saturated rings. The summed E-state index contributed by atoms with van der Waals surface area (Å²) in [7, 11) is 1.70. The zero-order valence-corrected chi connectivity index (χ0v) is 10.1. The van der Waals surface area contributed by atoms with Crippen LogP contribution in [0.4, 0.5) is 5.82 Å². The number of imide groups is 1. The van der Waals surface area contributed by atoms with Gasteiger partial charge in [0.05, 0.1) is 5.69 Å². The van der Waals surface area contributed by atoms with Crippen molar-refractivity contribution in [3.63, 3.8) is 0 Å². The number of aromatic nitrogens is 2. The Kier molecular flexibility index (Phi) is 3.02. The number of anilines is 1. The van der Waals surface area contributed by atoms with Crippen molar-refractivity contribution in [3.05, 3.63) is 11.3 Å². The van der Waals surface area contributed by atoms with E-state index in [9.17, 15) is 9.59 Å². The minimum atomic E-state index is -0.510. The number of piperidine rings is 1. The SMILES string of the molecule is Cc1nn(C)c(NC2CCC(=O)NC2=O)c1C#N. The molecule has 1 atom stereocenters. The van der Waals surface area contributed by atoms with Gasteiger partial charge in [-0.05, 0) is 13.3 Å². The fraction of sp³-hybridized carbons (Fsp3) is 0.455. The highest BCUT2D eigenvalue weighted by Crippen LogP contribution is 2.20. The second-order valence-electron chi connectivity index (χ2n) is 4.19. The van der Waals surface area contributed by atoms with Gasteiger partial charge in [-0.2, -0.15) is 10.4 Å². The van der Waals surface area contributed by atoms with Gasteiger partial charge in [-0.3, -0.25) is 19.6 Å². The molecule has 0 saturated carbocycles. The molecule has 2 N–H and O–H groups in total. The van der Waals surface area contributed by atoms with E-state index in [2.05, 4.69) is 21.8 Å². The molecule has 1 aromatic rings. The zero-order chi connectivity index (χ0) is 13.3. The molecule has 2 amide bonds. The highest BCUT2D eigenvalue weighted by Gasteiger charge is 2.28. The van der Waals surface area contributed by atoms with Gasteiger partial charge in [0, 0.05) is 13.5 Å². The van der Waals surface area contributed by atoms with E-state index in [1.54, 1.807) is 14.0 Å². The van der Waals surface area contributed by atoms with E-state index in [4.69, 9.17) is 5.26 Å². The number of aryl methyl sites for hydroxylation is 2. The van der Waals surface area contributed by atoms with Gasteiger partial charge in [-0.1, -0.05) is 0 Å². The summed E-state index contributed by atoms with van der Waals surface area (Å²) in [4.78, 5) is 22.7. The number of hydrogen-bond donors (Lipinski definition) is 2. The fourth-order valence-corrected chi connectivity index (χ4v) is 1.95. The minimum absolute atomic E-state index is 0.264. The molecule has 7 heteroatoms. The third-order valence-electron chi connectivity index (χ3n) is 2.88. The highest BCUT2D eigenvalue weighted by molar-refractivity contribution is 6.01. The molecule has 0 aromatic carbocycles. The summed E-state index contributed by atoms with van der Waals surface area (Å²) in [6, 6.07) is 1.54. The standard InChI is InChI=1S/C11H13N5O2/c1-6-7(5-12)10(16(2)15-6)13-8-3-4-9(17)14-11(8)18/h8,13H,3-4H2,1-2H3,(H,14,17,18). The first-order chi connectivity index (χ1) is 8.52. The Morgan fingerprint density at radius 1 is 1.56 bits per heavy atom. The molecule has 7 nitrogen and oxygen atoms in total. The topological polar surface area (TPSA) is 99.8 Å². The molecule has 2 rings (SSSR count). The maximum absolute atomic E-state index is 11.6. The molecule has 1 saturated heterocycles. The Morgan fingerprint density at radius 3 is 2.89 bits per heavy atom. The Balaban J connectivity index is 2.22. The lowest BCUT2D eigenvalue weighted by Crippen LogP contribution is -2.47. The molecule has 0 spiro atoms. The van der Waals surface area contributed by atoms with E-state index in [0.29, 0.717) is 29.9 Å². The number of carbonyl (C=O) groups is 2. The lowest BCUT2D eigenvalue weighted by Gasteiger charge is -2.22. The number of hydrogen-bond acceptors (Lipinski definition) is 5. The van der Waals surface area contributed by atoms with Crippen LogP contribution in [0.3, 0.4) is 0 Å². The second kappa shape index (κ2) is 4.49. The molecule has 18 heavy (non-hydrogen) atoms. The van der Waals surface area contributed by atoms with Crippen molar-refractivity contribution in [3.8, 4) is 6.07 Å². The van der Waals surface area contributed by atoms with Gasteiger partial charge in [0.2, 0.25) is 11.8 Å². The first-order valence-electron chi connectivity index (χ1n) is 5.57. The molecule has 0 radical (unpaired) electrons. The summed E-state index contributed by atoms with van der Waals surface area (Å²) in [5.41, 5.74) is 1.02. The van der Waals surface area contributed by atoms with Crippen LogP contribution < -0.4 is 10.6 Å². The van der Waals surface area contributed by atoms with Gasteiger partial charge < -0.3 is 5.32 Å². The summed E-state index contributed by atoms with van der Waals surface area (Å²) < 4.78 is 1.53. The zero-order valence-electron chi connectivity index (χ0n) is 10.1. The van der Waals surface area contributed by atoms with Crippen molar-refractivity contribution in [2.75, 3.05) is 5.32 Å². The predicted octanol–water partition coefficient (Wildman–Crippen LogP) is -0.183. The molecular formula is C11H13N5O2. The Bertz CT molecular complexity index is 555. The van der Waals surface area contributed by atoms with E-state index in [0.717, 1.165) is 0 Å². The van der Waals surface area contributed by atoms with Crippen LogP contribution in [0.15, 0.2) is 0 Å². The summed E-state index contributed by atoms with van der Waals surface area (Å²) >= 11 is 0. The number of nitrogens with zero attached hydrogens (tertiary/aromatic N) is 3. The maximum Gasteiger partial charge on any atom is 0.249 e. The Morgan fingerprint density at radius 2 is 2.28 bits per heavy atom. The van der Waals surface area contributed by atoms with E-state index in [1.165, 1.54) is 4.68 Å². The molecule has 1 aromatic heterocycles. The molecule has 94 valence electrons. The van der Waals surface area contributed by atoms with Crippen molar-refractivity contribution in [1.82, 2.24) is 15.1 Å². The predicted molar refractivity (Wildman–Crippen MR) is 62.5 cm³/mol. The lowest BCUT2D eigenvalue weighted by molar-refractivity contribution is -0.133. The van der Waals surface area contributed by atoms with Gasteiger partial charge in [0.1, 0.15) is 23.5 Å². The van der Waals surface area contributed by atoms with Crippen molar-refractivity contribution < 1.29 is 9.59 Å². The molecule has 1 unspecified atom stereocenters. The third kappa shape index (κ3) is 2.05. The monoisotopic (exact) mass is 247 g/mol. The number of carbonyl (C=O) groups excluding carboxylic acids is 2. The molecule has 0 bridgehead atoms.